The minimum Gasteiger partial charge on any atom is -0.332 e. The molecule has 2 aromatic rings. The summed E-state index contributed by atoms with van der Waals surface area (Å²) in [5.74, 6) is -0.542. The average molecular weight is 332 g/mol. The third kappa shape index (κ3) is 4.53. The van der Waals surface area contributed by atoms with Crippen molar-refractivity contribution in [3.05, 3.63) is 58.4 Å². The lowest BCUT2D eigenvalue weighted by atomic mass is 10.1. The number of anilines is 1. The summed E-state index contributed by atoms with van der Waals surface area (Å²) in [6, 6.07) is 8.86. The summed E-state index contributed by atoms with van der Waals surface area (Å²) in [6.07, 6.45) is 1.46. The molecule has 0 aliphatic rings. The van der Waals surface area contributed by atoms with Gasteiger partial charge in [-0.15, -0.1) is 0 Å². The summed E-state index contributed by atoms with van der Waals surface area (Å²) >= 11 is 5.78. The molecule has 120 valence electrons. The van der Waals surface area contributed by atoms with Crippen LogP contribution in [0.2, 0.25) is 5.15 Å². The average Bonchev–Trinajstić information content (AvgIpc) is 2.50. The molecule has 23 heavy (non-hydrogen) atoms. The molecule has 0 spiro atoms. The lowest BCUT2D eigenvalue weighted by Crippen LogP contribution is -2.35. The number of nitrogens with one attached hydrogen (secondary N) is 1. The largest absolute Gasteiger partial charge is 0.332 e. The van der Waals surface area contributed by atoms with Crippen LogP contribution in [0.3, 0.4) is 0 Å². The van der Waals surface area contributed by atoms with Crippen molar-refractivity contribution in [3.8, 4) is 0 Å². The highest BCUT2D eigenvalue weighted by Gasteiger charge is 2.16. The minimum absolute atomic E-state index is 0.0494. The van der Waals surface area contributed by atoms with Crippen molar-refractivity contribution in [2.45, 2.75) is 13.8 Å². The van der Waals surface area contributed by atoms with Gasteiger partial charge in [-0.05, 0) is 43.2 Å². The molecule has 2 amide bonds. The van der Waals surface area contributed by atoms with Crippen molar-refractivity contribution < 1.29 is 9.59 Å². The van der Waals surface area contributed by atoms with Crippen LogP contribution in [0.15, 0.2) is 36.5 Å². The highest BCUT2D eigenvalue weighted by atomic mass is 35.5. The first-order chi connectivity index (χ1) is 10.9. The van der Waals surface area contributed by atoms with Gasteiger partial charge in [-0.25, -0.2) is 4.98 Å². The number of rotatable bonds is 4. The number of hydrogen-bond acceptors (Lipinski definition) is 3. The van der Waals surface area contributed by atoms with E-state index in [1.54, 1.807) is 13.1 Å². The summed E-state index contributed by atoms with van der Waals surface area (Å²) in [7, 11) is 1.57. The van der Waals surface area contributed by atoms with Crippen LogP contribution in [0.25, 0.3) is 0 Å². The fourth-order valence-corrected chi connectivity index (χ4v) is 2.28. The quantitative estimate of drug-likeness (QED) is 0.876. The number of aryl methyl sites for hydroxylation is 2. The molecule has 1 N–H and O–H groups in total. The van der Waals surface area contributed by atoms with E-state index in [2.05, 4.69) is 10.3 Å². The van der Waals surface area contributed by atoms with Gasteiger partial charge in [0.15, 0.2) is 0 Å². The Morgan fingerprint density at radius 1 is 1.22 bits per heavy atom. The Labute approximate surface area is 140 Å². The standard InChI is InChI=1S/C17H18ClN3O2/c1-11-4-5-12(2)14(8-11)20-16(22)10-21(3)17(23)13-6-7-19-15(18)9-13/h4-9H,10H2,1-3H3,(H,20,22). The summed E-state index contributed by atoms with van der Waals surface area (Å²) in [5.41, 5.74) is 3.18. The number of nitrogens with zero attached hydrogens (tertiary/aromatic N) is 2. The van der Waals surface area contributed by atoms with Gasteiger partial charge in [-0.3, -0.25) is 9.59 Å². The first kappa shape index (κ1) is 17.0. The van der Waals surface area contributed by atoms with Crippen LogP contribution in [-0.2, 0) is 4.79 Å². The van der Waals surface area contributed by atoms with Crippen molar-refractivity contribution in [2.75, 3.05) is 18.9 Å². The van der Waals surface area contributed by atoms with E-state index in [0.717, 1.165) is 16.8 Å². The normalized spacial score (nSPS) is 10.3. The third-order valence-corrected chi connectivity index (χ3v) is 3.57. The Bertz CT molecular complexity index is 746. The molecule has 0 fully saturated rings. The summed E-state index contributed by atoms with van der Waals surface area (Å²) in [6.45, 7) is 3.83. The zero-order valence-corrected chi connectivity index (χ0v) is 14.0. The number of hydrogen-bond donors (Lipinski definition) is 1. The fourth-order valence-electron chi connectivity index (χ4n) is 2.10. The van der Waals surface area contributed by atoms with E-state index >= 15 is 0 Å². The smallest absolute Gasteiger partial charge is 0.254 e. The van der Waals surface area contributed by atoms with E-state index in [1.165, 1.54) is 17.2 Å². The zero-order chi connectivity index (χ0) is 17.0. The predicted molar refractivity (Wildman–Crippen MR) is 90.8 cm³/mol. The van der Waals surface area contributed by atoms with Crippen molar-refractivity contribution in [1.82, 2.24) is 9.88 Å². The second-order valence-electron chi connectivity index (χ2n) is 5.40. The van der Waals surface area contributed by atoms with Crippen LogP contribution in [0.5, 0.6) is 0 Å². The number of likely N-dealkylation sites (N-methyl/N-ethyl adjacent to an activating group) is 1. The van der Waals surface area contributed by atoms with Gasteiger partial charge in [-0.2, -0.15) is 0 Å². The molecule has 6 heteroatoms. The molecule has 1 aromatic heterocycles. The topological polar surface area (TPSA) is 62.3 Å². The lowest BCUT2D eigenvalue weighted by Gasteiger charge is -2.17. The Hall–Kier alpha value is -2.40. The predicted octanol–water partition coefficient (Wildman–Crippen LogP) is 3.06. The molecule has 0 aliphatic carbocycles. The number of pyridine rings is 1. The molecule has 0 aliphatic heterocycles. The minimum atomic E-state index is -0.287. The number of carbonyl (C=O) groups is 2. The van der Waals surface area contributed by atoms with Gasteiger partial charge < -0.3 is 10.2 Å². The Morgan fingerprint density at radius 2 is 1.96 bits per heavy atom. The second kappa shape index (κ2) is 7.24. The van der Waals surface area contributed by atoms with E-state index < -0.39 is 0 Å². The molecule has 0 atom stereocenters. The number of amides is 2. The first-order valence-electron chi connectivity index (χ1n) is 7.11. The molecule has 2 rings (SSSR count). The molecule has 0 saturated carbocycles. The van der Waals surface area contributed by atoms with Gasteiger partial charge in [0.2, 0.25) is 5.91 Å². The van der Waals surface area contributed by atoms with Gasteiger partial charge in [-0.1, -0.05) is 23.7 Å². The molecular formula is C17H18ClN3O2. The van der Waals surface area contributed by atoms with Gasteiger partial charge in [0.05, 0.1) is 6.54 Å². The highest BCUT2D eigenvalue weighted by Crippen LogP contribution is 2.16. The van der Waals surface area contributed by atoms with E-state index in [-0.39, 0.29) is 23.5 Å². The zero-order valence-electron chi connectivity index (χ0n) is 13.3. The molecule has 0 unspecified atom stereocenters. The number of benzene rings is 1. The molecular weight excluding hydrogens is 314 g/mol. The van der Waals surface area contributed by atoms with Crippen molar-refractivity contribution in [1.29, 1.82) is 0 Å². The van der Waals surface area contributed by atoms with E-state index in [1.807, 2.05) is 32.0 Å². The van der Waals surface area contributed by atoms with Crippen LogP contribution in [0.4, 0.5) is 5.69 Å². The van der Waals surface area contributed by atoms with Crippen LogP contribution >= 0.6 is 11.6 Å². The first-order valence-corrected chi connectivity index (χ1v) is 7.48. The maximum absolute atomic E-state index is 12.3. The van der Waals surface area contributed by atoms with Gasteiger partial charge in [0.25, 0.3) is 5.91 Å². The molecule has 0 bridgehead atoms. The van der Waals surface area contributed by atoms with Crippen LogP contribution in [0.1, 0.15) is 21.5 Å². The number of carbonyl (C=O) groups excluding carboxylic acids is 2. The maximum atomic E-state index is 12.3. The molecule has 1 heterocycles. The summed E-state index contributed by atoms with van der Waals surface area (Å²) in [4.78, 5) is 29.6. The number of halogens is 1. The molecule has 0 radical (unpaired) electrons. The van der Waals surface area contributed by atoms with Gasteiger partial charge >= 0.3 is 0 Å². The van der Waals surface area contributed by atoms with E-state index in [0.29, 0.717) is 5.56 Å². The lowest BCUT2D eigenvalue weighted by molar-refractivity contribution is -0.116. The SMILES string of the molecule is Cc1ccc(C)c(NC(=O)CN(C)C(=O)c2ccnc(Cl)c2)c1. The van der Waals surface area contributed by atoms with Crippen molar-refractivity contribution >= 4 is 29.1 Å². The second-order valence-corrected chi connectivity index (χ2v) is 5.78. The third-order valence-electron chi connectivity index (χ3n) is 3.37. The van der Waals surface area contributed by atoms with E-state index in [9.17, 15) is 9.59 Å². The maximum Gasteiger partial charge on any atom is 0.254 e. The van der Waals surface area contributed by atoms with Crippen LogP contribution in [0, 0.1) is 13.8 Å². The van der Waals surface area contributed by atoms with Crippen LogP contribution in [-0.4, -0.2) is 35.3 Å². The van der Waals surface area contributed by atoms with Crippen LogP contribution < -0.4 is 5.32 Å². The molecule has 1 aromatic carbocycles. The summed E-state index contributed by atoms with van der Waals surface area (Å²) in [5, 5.41) is 3.07. The van der Waals surface area contributed by atoms with E-state index in [4.69, 9.17) is 11.6 Å². The van der Waals surface area contributed by atoms with Gasteiger partial charge in [0, 0.05) is 24.5 Å². The van der Waals surface area contributed by atoms with Crippen molar-refractivity contribution in [2.24, 2.45) is 0 Å². The van der Waals surface area contributed by atoms with Crippen molar-refractivity contribution in [3.63, 3.8) is 0 Å². The Kier molecular flexibility index (Phi) is 5.34. The fraction of sp³-hybridized carbons (Fsp3) is 0.235. The summed E-state index contributed by atoms with van der Waals surface area (Å²) < 4.78 is 0. The molecule has 0 saturated heterocycles. The number of aromatic nitrogens is 1. The Balaban J connectivity index is 2.02. The molecule has 5 nitrogen and oxygen atoms in total. The van der Waals surface area contributed by atoms with Gasteiger partial charge in [0.1, 0.15) is 5.15 Å². The monoisotopic (exact) mass is 331 g/mol. The highest BCUT2D eigenvalue weighted by molar-refractivity contribution is 6.29. The Morgan fingerprint density at radius 3 is 2.65 bits per heavy atom.